The van der Waals surface area contributed by atoms with Crippen LogP contribution in [-0.2, 0) is 29.1 Å². The van der Waals surface area contributed by atoms with E-state index in [2.05, 4.69) is 20.3 Å². The molecule has 8 nitrogen and oxygen atoms in total. The maximum atomic E-state index is 13.1. The molecule has 0 fully saturated rings. The second-order valence-corrected chi connectivity index (χ2v) is 12.0. The van der Waals surface area contributed by atoms with Crippen LogP contribution >= 0.6 is 11.3 Å². The van der Waals surface area contributed by atoms with Crippen molar-refractivity contribution in [3.8, 4) is 0 Å². The van der Waals surface area contributed by atoms with E-state index in [0.717, 1.165) is 22.7 Å². The van der Waals surface area contributed by atoms with Gasteiger partial charge in [0, 0.05) is 12.7 Å². The largest absolute Gasteiger partial charge is 0.433 e. The van der Waals surface area contributed by atoms with E-state index in [1.165, 1.54) is 23.5 Å². The van der Waals surface area contributed by atoms with Gasteiger partial charge in [-0.1, -0.05) is 32.9 Å². The van der Waals surface area contributed by atoms with Crippen LogP contribution in [0, 0.1) is 5.92 Å². The molecule has 0 saturated carbocycles. The van der Waals surface area contributed by atoms with E-state index in [-0.39, 0.29) is 52.6 Å². The van der Waals surface area contributed by atoms with E-state index in [9.17, 15) is 26.4 Å². The van der Waals surface area contributed by atoms with Crippen LogP contribution in [0.15, 0.2) is 41.4 Å². The molecule has 3 heterocycles. The van der Waals surface area contributed by atoms with Crippen LogP contribution in [0.1, 0.15) is 58.4 Å². The Morgan fingerprint density at radius 1 is 1.19 bits per heavy atom. The predicted octanol–water partition coefficient (Wildman–Crippen LogP) is 4.39. The Balaban J connectivity index is 1.48. The third kappa shape index (κ3) is 5.21. The number of carbonyl (C=O) groups is 1. The number of fused-ring (bicyclic) bond motifs is 1. The van der Waals surface area contributed by atoms with Crippen molar-refractivity contribution in [2.24, 2.45) is 5.92 Å². The lowest BCUT2D eigenvalue weighted by molar-refractivity contribution is -0.141. The van der Waals surface area contributed by atoms with Gasteiger partial charge in [0.15, 0.2) is 14.8 Å². The number of nitrogens with zero attached hydrogens (tertiary/aromatic N) is 4. The molecule has 1 aliphatic rings. The normalized spacial score (nSPS) is 15.9. The minimum absolute atomic E-state index is 0.00643. The third-order valence-corrected chi connectivity index (χ3v) is 8.59. The van der Waals surface area contributed by atoms with Crippen LogP contribution in [0.3, 0.4) is 0 Å². The maximum absolute atomic E-state index is 13.1. The maximum Gasteiger partial charge on any atom is 0.433 e. The molecular weight excluding hydrogens is 515 g/mol. The molecule has 1 aliphatic heterocycles. The van der Waals surface area contributed by atoms with Gasteiger partial charge in [0.25, 0.3) is 5.91 Å². The molecule has 1 N–H and O–H groups in total. The molecule has 0 radical (unpaired) electrons. The number of benzene rings is 1. The molecule has 4 rings (SSSR count). The molecule has 3 aromatic rings. The second kappa shape index (κ2) is 9.77. The molecule has 192 valence electrons. The van der Waals surface area contributed by atoms with Gasteiger partial charge in [-0.25, -0.2) is 23.4 Å². The summed E-state index contributed by atoms with van der Waals surface area (Å²) in [6, 6.07) is 6.76. The van der Waals surface area contributed by atoms with Gasteiger partial charge in [-0.2, -0.15) is 13.2 Å². The molecule has 13 heteroatoms. The molecular formula is C23H24F3N5O3S2. The lowest BCUT2D eigenvalue weighted by Gasteiger charge is -2.28. The average Bonchev–Trinajstić information content (AvgIpc) is 3.40. The van der Waals surface area contributed by atoms with Gasteiger partial charge in [0.1, 0.15) is 5.69 Å². The topological polar surface area (TPSA) is 105 Å². The van der Waals surface area contributed by atoms with Gasteiger partial charge in [0.05, 0.1) is 33.8 Å². The Kier molecular flexibility index (Phi) is 7.06. The van der Waals surface area contributed by atoms with E-state index in [1.807, 2.05) is 13.8 Å². The Morgan fingerprint density at radius 2 is 1.89 bits per heavy atom. The van der Waals surface area contributed by atoms with Crippen LogP contribution in [-0.4, -0.2) is 35.0 Å². The highest BCUT2D eigenvalue weighted by Gasteiger charge is 2.40. The van der Waals surface area contributed by atoms with Crippen molar-refractivity contribution in [2.45, 2.75) is 51.0 Å². The molecule has 1 amide bonds. The molecule has 1 aromatic carbocycles. The number of sulfone groups is 1. The SMILES string of the molecule is CCS(=O)(=O)c1ccc(CNC(=O)c2nc3c(s2)CN(c2nccc(C(F)(F)F)n2)C3C(C)C)cc1. The third-order valence-electron chi connectivity index (χ3n) is 5.79. The van der Waals surface area contributed by atoms with E-state index < -0.39 is 21.7 Å². The fourth-order valence-electron chi connectivity index (χ4n) is 3.96. The van der Waals surface area contributed by atoms with Crippen molar-refractivity contribution < 1.29 is 26.4 Å². The lowest BCUT2D eigenvalue weighted by Crippen LogP contribution is -2.29. The average molecular weight is 540 g/mol. The molecule has 0 saturated heterocycles. The lowest BCUT2D eigenvalue weighted by atomic mass is 10.0. The number of alkyl halides is 3. The number of hydrogen-bond acceptors (Lipinski definition) is 8. The number of aromatic nitrogens is 3. The van der Waals surface area contributed by atoms with Crippen molar-refractivity contribution in [1.29, 1.82) is 0 Å². The molecule has 2 aromatic heterocycles. The van der Waals surface area contributed by atoms with Gasteiger partial charge >= 0.3 is 6.18 Å². The van der Waals surface area contributed by atoms with Crippen molar-refractivity contribution in [2.75, 3.05) is 10.7 Å². The highest BCUT2D eigenvalue weighted by atomic mass is 32.2. The van der Waals surface area contributed by atoms with Crippen molar-refractivity contribution >= 4 is 33.0 Å². The Bertz CT molecular complexity index is 1370. The molecule has 1 atom stereocenters. The van der Waals surface area contributed by atoms with Gasteiger partial charge in [0.2, 0.25) is 5.95 Å². The summed E-state index contributed by atoms with van der Waals surface area (Å²) >= 11 is 1.18. The quantitative estimate of drug-likeness (QED) is 0.475. The predicted molar refractivity (Wildman–Crippen MR) is 128 cm³/mol. The summed E-state index contributed by atoms with van der Waals surface area (Å²) in [5.41, 5.74) is 0.351. The minimum atomic E-state index is -4.58. The number of thiazole rings is 1. The monoisotopic (exact) mass is 539 g/mol. The number of halogens is 3. The van der Waals surface area contributed by atoms with Crippen molar-refractivity contribution in [3.05, 3.63) is 63.4 Å². The zero-order valence-electron chi connectivity index (χ0n) is 19.7. The standard InChI is InChI=1S/C23H24F3N5O3S2/c1-4-36(33,34)15-7-5-14(6-8-15)11-28-20(32)21-30-18-16(35-21)12-31(19(18)13(2)3)22-27-10-9-17(29-22)23(24,25)26/h5-10,13,19H,4,11-12H2,1-3H3,(H,28,32). The van der Waals surface area contributed by atoms with E-state index in [1.54, 1.807) is 24.0 Å². The zero-order chi connectivity index (χ0) is 26.3. The first-order chi connectivity index (χ1) is 16.9. The molecule has 0 spiro atoms. The Labute approximate surface area is 210 Å². The highest BCUT2D eigenvalue weighted by Crippen LogP contribution is 2.43. The summed E-state index contributed by atoms with van der Waals surface area (Å²) < 4.78 is 63.3. The summed E-state index contributed by atoms with van der Waals surface area (Å²) in [5, 5.41) is 3.03. The summed E-state index contributed by atoms with van der Waals surface area (Å²) in [6.45, 7) is 5.85. The van der Waals surface area contributed by atoms with Crippen LogP contribution in [0.25, 0.3) is 0 Å². The minimum Gasteiger partial charge on any atom is -0.346 e. The van der Waals surface area contributed by atoms with Gasteiger partial charge < -0.3 is 10.2 Å². The van der Waals surface area contributed by atoms with Crippen LogP contribution in [0.5, 0.6) is 0 Å². The fraction of sp³-hybridized carbons (Fsp3) is 0.391. The molecule has 1 unspecified atom stereocenters. The van der Waals surface area contributed by atoms with Crippen LogP contribution in [0.4, 0.5) is 19.1 Å². The molecule has 0 bridgehead atoms. The number of hydrogen-bond donors (Lipinski definition) is 1. The number of rotatable bonds is 7. The highest BCUT2D eigenvalue weighted by molar-refractivity contribution is 7.91. The Hall–Kier alpha value is -3.06. The summed E-state index contributed by atoms with van der Waals surface area (Å²) in [5.74, 6) is -0.440. The van der Waals surface area contributed by atoms with E-state index >= 15 is 0 Å². The van der Waals surface area contributed by atoms with Gasteiger partial charge in [-0.3, -0.25) is 4.79 Å². The summed E-state index contributed by atoms with van der Waals surface area (Å²) in [6.07, 6.45) is -3.49. The number of carbonyl (C=O) groups excluding carboxylic acids is 1. The molecule has 0 aliphatic carbocycles. The summed E-state index contributed by atoms with van der Waals surface area (Å²) in [4.78, 5) is 27.7. The summed E-state index contributed by atoms with van der Waals surface area (Å²) in [7, 11) is -3.30. The van der Waals surface area contributed by atoms with Crippen molar-refractivity contribution in [1.82, 2.24) is 20.3 Å². The van der Waals surface area contributed by atoms with Crippen molar-refractivity contribution in [3.63, 3.8) is 0 Å². The van der Waals surface area contributed by atoms with E-state index in [0.29, 0.717) is 5.69 Å². The fourth-order valence-corrected chi connectivity index (χ4v) is 5.86. The van der Waals surface area contributed by atoms with Gasteiger partial charge in [-0.05, 0) is 29.7 Å². The first kappa shape index (κ1) is 26.0. The number of nitrogens with one attached hydrogen (secondary N) is 1. The van der Waals surface area contributed by atoms with Crippen LogP contribution in [0.2, 0.25) is 0 Å². The van der Waals surface area contributed by atoms with E-state index in [4.69, 9.17) is 0 Å². The first-order valence-electron chi connectivity index (χ1n) is 11.2. The zero-order valence-corrected chi connectivity index (χ0v) is 21.3. The Morgan fingerprint density at radius 3 is 2.50 bits per heavy atom. The number of anilines is 1. The number of amides is 1. The first-order valence-corrected chi connectivity index (χ1v) is 13.6. The van der Waals surface area contributed by atoms with Crippen LogP contribution < -0.4 is 10.2 Å². The van der Waals surface area contributed by atoms with Gasteiger partial charge in [-0.15, -0.1) is 11.3 Å². The molecule has 36 heavy (non-hydrogen) atoms. The smallest absolute Gasteiger partial charge is 0.346 e. The second-order valence-electron chi connectivity index (χ2n) is 8.61.